The Hall–Kier alpha value is -2.99. The third-order valence-corrected chi connectivity index (χ3v) is 4.96. The van der Waals surface area contributed by atoms with E-state index in [1.54, 1.807) is 0 Å². The fraction of sp³-hybridized carbons (Fsp3) is 0.400. The van der Waals surface area contributed by atoms with Crippen LogP contribution in [-0.4, -0.2) is 43.3 Å². The van der Waals surface area contributed by atoms with Gasteiger partial charge in [0.25, 0.3) is 0 Å². The average molecular weight is 423 g/mol. The van der Waals surface area contributed by atoms with Crippen molar-refractivity contribution in [2.75, 3.05) is 31.1 Å². The molecule has 1 atom stereocenters. The van der Waals surface area contributed by atoms with Gasteiger partial charge in [-0.3, -0.25) is 0 Å². The number of nitrogens with one attached hydrogen (secondary N) is 2. The number of benzene rings is 2. The molecule has 0 bridgehead atoms. The first-order valence-corrected chi connectivity index (χ1v) is 11.0. The molecule has 6 heteroatoms. The van der Waals surface area contributed by atoms with Gasteiger partial charge in [0, 0.05) is 31.9 Å². The summed E-state index contributed by atoms with van der Waals surface area (Å²) >= 11 is 0. The number of ether oxygens (including phenoxy) is 1. The molecule has 0 amide bonds. The minimum Gasteiger partial charge on any atom is -0.491 e. The van der Waals surface area contributed by atoms with Crippen LogP contribution in [0.3, 0.4) is 0 Å². The Balaban J connectivity index is 1.55. The van der Waals surface area contributed by atoms with Gasteiger partial charge in [-0.2, -0.15) is 0 Å². The van der Waals surface area contributed by atoms with Crippen LogP contribution in [0.5, 0.6) is 5.75 Å². The van der Waals surface area contributed by atoms with Gasteiger partial charge < -0.3 is 25.4 Å². The zero-order valence-corrected chi connectivity index (χ0v) is 18.7. The van der Waals surface area contributed by atoms with Gasteiger partial charge in [0.05, 0.1) is 18.8 Å². The third-order valence-electron chi connectivity index (χ3n) is 4.96. The molecule has 0 aromatic heterocycles. The second kappa shape index (κ2) is 11.4. The number of rotatable bonds is 9. The molecule has 1 heterocycles. The van der Waals surface area contributed by atoms with E-state index in [-0.39, 0.29) is 6.10 Å². The van der Waals surface area contributed by atoms with E-state index in [0.717, 1.165) is 36.5 Å². The molecule has 0 spiro atoms. The molecule has 2 aromatic carbocycles. The second-order valence-electron chi connectivity index (χ2n) is 7.87. The lowest BCUT2D eigenvalue weighted by molar-refractivity contribution is 0.179. The molecule has 3 N–H and O–H groups in total. The van der Waals surface area contributed by atoms with Gasteiger partial charge in [0.15, 0.2) is 5.96 Å². The zero-order chi connectivity index (χ0) is 22.1. The zero-order valence-electron chi connectivity index (χ0n) is 18.7. The Morgan fingerprint density at radius 3 is 2.52 bits per heavy atom. The van der Waals surface area contributed by atoms with E-state index >= 15 is 0 Å². The largest absolute Gasteiger partial charge is 0.491 e. The number of hydrogen-bond acceptors (Lipinski definition) is 4. The van der Waals surface area contributed by atoms with Crippen LogP contribution in [0.2, 0.25) is 0 Å². The average Bonchev–Trinajstić information content (AvgIpc) is 3.30. The molecule has 166 valence electrons. The van der Waals surface area contributed by atoms with Gasteiger partial charge in [0.2, 0.25) is 0 Å². The third kappa shape index (κ3) is 7.03. The Labute approximate surface area is 185 Å². The lowest BCUT2D eigenvalue weighted by Gasteiger charge is -2.18. The Bertz CT molecular complexity index is 869. The van der Waals surface area contributed by atoms with Crippen LogP contribution in [-0.2, 0) is 6.54 Å². The van der Waals surface area contributed by atoms with E-state index in [1.807, 2.05) is 45.0 Å². The van der Waals surface area contributed by atoms with Gasteiger partial charge in [-0.25, -0.2) is 4.99 Å². The SMILES string of the molecule is CCNC(=NCc1ccc(N2CC=CC2)cc1)NCC(O)c1cccc(OC(C)C)c1. The molecule has 0 saturated carbocycles. The summed E-state index contributed by atoms with van der Waals surface area (Å²) in [5.41, 5.74) is 3.19. The molecule has 2 aromatic rings. The summed E-state index contributed by atoms with van der Waals surface area (Å²) in [6.45, 7) is 9.63. The quantitative estimate of drug-likeness (QED) is 0.327. The minimum absolute atomic E-state index is 0.0964. The summed E-state index contributed by atoms with van der Waals surface area (Å²) in [4.78, 5) is 6.99. The maximum Gasteiger partial charge on any atom is 0.191 e. The number of nitrogens with zero attached hydrogens (tertiary/aromatic N) is 2. The predicted molar refractivity (Wildman–Crippen MR) is 128 cm³/mol. The molecule has 1 aliphatic rings. The van der Waals surface area contributed by atoms with Crippen molar-refractivity contribution in [3.8, 4) is 5.75 Å². The van der Waals surface area contributed by atoms with Gasteiger partial charge >= 0.3 is 0 Å². The van der Waals surface area contributed by atoms with Crippen LogP contribution in [0, 0.1) is 0 Å². The predicted octanol–water partition coefficient (Wildman–Crippen LogP) is 3.64. The highest BCUT2D eigenvalue weighted by molar-refractivity contribution is 5.79. The minimum atomic E-state index is -0.659. The standard InChI is InChI=1S/C25H34N4O2/c1-4-26-25(27-17-20-10-12-22(13-11-20)29-14-5-6-15-29)28-18-24(30)21-8-7-9-23(16-21)31-19(2)3/h5-13,16,19,24,30H,4,14-15,17-18H2,1-3H3,(H2,26,27,28). The van der Waals surface area contributed by atoms with Crippen molar-refractivity contribution < 1.29 is 9.84 Å². The van der Waals surface area contributed by atoms with E-state index in [1.165, 1.54) is 5.69 Å². The lowest BCUT2D eigenvalue weighted by Crippen LogP contribution is -2.39. The Morgan fingerprint density at radius 2 is 1.84 bits per heavy atom. The molecule has 31 heavy (non-hydrogen) atoms. The highest BCUT2D eigenvalue weighted by Crippen LogP contribution is 2.20. The number of hydrogen-bond donors (Lipinski definition) is 3. The van der Waals surface area contributed by atoms with Gasteiger partial charge in [0.1, 0.15) is 5.75 Å². The van der Waals surface area contributed by atoms with Crippen molar-refractivity contribution in [3.05, 3.63) is 71.8 Å². The van der Waals surface area contributed by atoms with E-state index in [9.17, 15) is 5.11 Å². The van der Waals surface area contributed by atoms with Crippen LogP contribution < -0.4 is 20.3 Å². The lowest BCUT2D eigenvalue weighted by atomic mass is 10.1. The van der Waals surface area contributed by atoms with Crippen molar-refractivity contribution in [2.45, 2.75) is 39.5 Å². The molecule has 0 fully saturated rings. The van der Waals surface area contributed by atoms with Crippen LogP contribution in [0.15, 0.2) is 65.7 Å². The fourth-order valence-corrected chi connectivity index (χ4v) is 3.39. The first-order chi connectivity index (χ1) is 15.0. The van der Waals surface area contributed by atoms with Crippen LogP contribution in [0.4, 0.5) is 5.69 Å². The first-order valence-electron chi connectivity index (χ1n) is 11.0. The van der Waals surface area contributed by atoms with Crippen LogP contribution >= 0.6 is 0 Å². The molecule has 6 nitrogen and oxygen atoms in total. The maximum atomic E-state index is 10.6. The van der Waals surface area contributed by atoms with Crippen molar-refractivity contribution in [2.24, 2.45) is 4.99 Å². The molecular formula is C25H34N4O2. The summed E-state index contributed by atoms with van der Waals surface area (Å²) in [6, 6.07) is 16.1. The van der Waals surface area contributed by atoms with E-state index in [4.69, 9.17) is 4.74 Å². The molecular weight excluding hydrogens is 388 g/mol. The van der Waals surface area contributed by atoms with Gasteiger partial charge in [-0.05, 0) is 56.2 Å². The number of aliphatic hydroxyl groups is 1. The van der Waals surface area contributed by atoms with E-state index < -0.39 is 6.10 Å². The second-order valence-corrected chi connectivity index (χ2v) is 7.87. The fourth-order valence-electron chi connectivity index (χ4n) is 3.39. The number of aliphatic imine (C=N–C) groups is 1. The summed E-state index contributed by atoms with van der Waals surface area (Å²) in [6.07, 6.45) is 3.82. The number of anilines is 1. The summed E-state index contributed by atoms with van der Waals surface area (Å²) < 4.78 is 5.72. The van der Waals surface area contributed by atoms with Crippen molar-refractivity contribution in [1.82, 2.24) is 10.6 Å². The molecule has 1 unspecified atom stereocenters. The Morgan fingerprint density at radius 1 is 1.10 bits per heavy atom. The smallest absolute Gasteiger partial charge is 0.191 e. The van der Waals surface area contributed by atoms with Gasteiger partial charge in [-0.1, -0.05) is 36.4 Å². The topological polar surface area (TPSA) is 69.1 Å². The molecule has 0 saturated heterocycles. The van der Waals surface area contributed by atoms with E-state index in [2.05, 4.69) is 56.9 Å². The van der Waals surface area contributed by atoms with E-state index in [0.29, 0.717) is 19.0 Å². The summed E-state index contributed by atoms with van der Waals surface area (Å²) in [5.74, 6) is 1.45. The van der Waals surface area contributed by atoms with Crippen molar-refractivity contribution in [1.29, 1.82) is 0 Å². The highest BCUT2D eigenvalue weighted by atomic mass is 16.5. The number of guanidine groups is 1. The normalized spacial score (nSPS) is 14.7. The summed E-state index contributed by atoms with van der Waals surface area (Å²) in [7, 11) is 0. The molecule has 0 radical (unpaired) electrons. The van der Waals surface area contributed by atoms with Crippen LogP contribution in [0.1, 0.15) is 38.0 Å². The van der Waals surface area contributed by atoms with Crippen molar-refractivity contribution in [3.63, 3.8) is 0 Å². The molecule has 0 aliphatic carbocycles. The first kappa shape index (κ1) is 22.7. The number of aliphatic hydroxyl groups excluding tert-OH is 1. The molecule has 1 aliphatic heterocycles. The maximum absolute atomic E-state index is 10.6. The van der Waals surface area contributed by atoms with Crippen LogP contribution in [0.25, 0.3) is 0 Å². The van der Waals surface area contributed by atoms with Crippen molar-refractivity contribution >= 4 is 11.6 Å². The highest BCUT2D eigenvalue weighted by Gasteiger charge is 2.11. The molecule has 3 rings (SSSR count). The summed E-state index contributed by atoms with van der Waals surface area (Å²) in [5, 5.41) is 17.1. The Kier molecular flexibility index (Phi) is 8.35. The monoisotopic (exact) mass is 422 g/mol. The van der Waals surface area contributed by atoms with Gasteiger partial charge in [-0.15, -0.1) is 0 Å².